The normalized spacial score (nSPS) is 13.7. The topological polar surface area (TPSA) is 43.8 Å². The van der Waals surface area contributed by atoms with Gasteiger partial charge in [0.1, 0.15) is 0 Å². The number of imidazole rings is 1. The molecule has 2 N–H and O–H groups in total. The Balaban J connectivity index is 2.65. The Morgan fingerprint density at radius 3 is 2.58 bits per heavy atom. The lowest BCUT2D eigenvalue weighted by Crippen LogP contribution is -2.10. The van der Waals surface area contributed by atoms with Gasteiger partial charge >= 0.3 is 0 Å². The summed E-state index contributed by atoms with van der Waals surface area (Å²) >= 11 is 0. The number of hydrogen-bond donors (Lipinski definition) is 1. The summed E-state index contributed by atoms with van der Waals surface area (Å²) in [5, 5.41) is 0. The molecular weight excluding hydrogens is 150 g/mol. The van der Waals surface area contributed by atoms with Crippen molar-refractivity contribution in [3.63, 3.8) is 0 Å². The van der Waals surface area contributed by atoms with Gasteiger partial charge in [0.25, 0.3) is 0 Å². The third-order valence-corrected chi connectivity index (χ3v) is 1.99. The van der Waals surface area contributed by atoms with Crippen molar-refractivity contribution in [2.24, 2.45) is 5.92 Å². The fourth-order valence-corrected chi connectivity index (χ4v) is 1.49. The third-order valence-electron chi connectivity index (χ3n) is 1.99. The first-order valence-electron chi connectivity index (χ1n) is 4.39. The lowest BCUT2D eigenvalue weighted by Gasteiger charge is -2.16. The van der Waals surface area contributed by atoms with E-state index in [-0.39, 0.29) is 0 Å². The summed E-state index contributed by atoms with van der Waals surface area (Å²) in [5.41, 5.74) is 5.67. The molecule has 1 rings (SSSR count). The molecule has 1 heterocycles. The molecule has 1 aromatic heterocycles. The zero-order valence-corrected chi connectivity index (χ0v) is 7.99. The van der Waals surface area contributed by atoms with Crippen molar-refractivity contribution in [1.82, 2.24) is 9.55 Å². The molecule has 1 unspecified atom stereocenters. The van der Waals surface area contributed by atoms with Gasteiger partial charge < -0.3 is 10.3 Å². The van der Waals surface area contributed by atoms with Crippen molar-refractivity contribution in [2.75, 3.05) is 5.73 Å². The van der Waals surface area contributed by atoms with E-state index in [1.54, 1.807) is 6.20 Å². The second kappa shape index (κ2) is 3.61. The zero-order valence-electron chi connectivity index (χ0n) is 7.99. The summed E-state index contributed by atoms with van der Waals surface area (Å²) in [5.74, 6) is 1.31. The molecule has 0 saturated heterocycles. The SMILES string of the molecule is CC(C)CC(C)n1ccnc1N. The minimum absolute atomic E-state index is 0.451. The van der Waals surface area contributed by atoms with E-state index in [9.17, 15) is 0 Å². The van der Waals surface area contributed by atoms with Crippen molar-refractivity contribution in [1.29, 1.82) is 0 Å². The second-order valence-electron chi connectivity index (χ2n) is 3.67. The van der Waals surface area contributed by atoms with E-state index in [1.807, 2.05) is 10.8 Å². The molecule has 68 valence electrons. The lowest BCUT2D eigenvalue weighted by atomic mass is 10.1. The maximum absolute atomic E-state index is 5.67. The average Bonchev–Trinajstić information content (AvgIpc) is 2.33. The van der Waals surface area contributed by atoms with E-state index in [0.29, 0.717) is 17.9 Å². The molecule has 0 saturated carbocycles. The molecular formula is C9H17N3. The maximum atomic E-state index is 5.67. The third kappa shape index (κ3) is 2.00. The first-order chi connectivity index (χ1) is 5.61. The average molecular weight is 167 g/mol. The van der Waals surface area contributed by atoms with Gasteiger partial charge in [-0.05, 0) is 19.3 Å². The fraction of sp³-hybridized carbons (Fsp3) is 0.667. The van der Waals surface area contributed by atoms with E-state index >= 15 is 0 Å². The van der Waals surface area contributed by atoms with Crippen LogP contribution >= 0.6 is 0 Å². The first kappa shape index (κ1) is 9.10. The van der Waals surface area contributed by atoms with E-state index < -0.39 is 0 Å². The van der Waals surface area contributed by atoms with E-state index in [4.69, 9.17) is 5.73 Å². The van der Waals surface area contributed by atoms with Gasteiger partial charge in [-0.25, -0.2) is 4.98 Å². The number of anilines is 1. The van der Waals surface area contributed by atoms with Crippen molar-refractivity contribution in [3.05, 3.63) is 12.4 Å². The molecule has 12 heavy (non-hydrogen) atoms. The van der Waals surface area contributed by atoms with Crippen LogP contribution in [0.5, 0.6) is 0 Å². The van der Waals surface area contributed by atoms with E-state index in [1.165, 1.54) is 0 Å². The summed E-state index contributed by atoms with van der Waals surface area (Å²) in [6, 6.07) is 0.451. The number of rotatable bonds is 3. The predicted octanol–water partition coefficient (Wildman–Crippen LogP) is 2.07. The summed E-state index contributed by atoms with van der Waals surface area (Å²) in [4.78, 5) is 3.99. The molecule has 3 nitrogen and oxygen atoms in total. The van der Waals surface area contributed by atoms with Crippen LogP contribution in [0.1, 0.15) is 33.2 Å². The van der Waals surface area contributed by atoms with Gasteiger partial charge in [0.05, 0.1) is 0 Å². The molecule has 1 atom stereocenters. The Morgan fingerprint density at radius 1 is 1.50 bits per heavy atom. The molecule has 0 aliphatic carbocycles. The molecule has 0 radical (unpaired) electrons. The van der Waals surface area contributed by atoms with Gasteiger partial charge in [0.15, 0.2) is 5.95 Å². The molecule has 1 aromatic rings. The quantitative estimate of drug-likeness (QED) is 0.749. The zero-order chi connectivity index (χ0) is 9.14. The lowest BCUT2D eigenvalue weighted by molar-refractivity contribution is 0.432. The van der Waals surface area contributed by atoms with Crippen LogP contribution in [0.3, 0.4) is 0 Å². The van der Waals surface area contributed by atoms with Crippen LogP contribution in [0, 0.1) is 5.92 Å². The largest absolute Gasteiger partial charge is 0.369 e. The number of nitrogens with two attached hydrogens (primary N) is 1. The van der Waals surface area contributed by atoms with Crippen LogP contribution in [0.15, 0.2) is 12.4 Å². The van der Waals surface area contributed by atoms with Gasteiger partial charge in [-0.1, -0.05) is 13.8 Å². The Kier molecular flexibility index (Phi) is 2.74. The van der Waals surface area contributed by atoms with Crippen LogP contribution in [-0.2, 0) is 0 Å². The standard InChI is InChI=1S/C9H17N3/c1-7(2)6-8(3)12-5-4-11-9(12)10/h4-5,7-8H,6H2,1-3H3,(H2,10,11). The van der Waals surface area contributed by atoms with Crippen molar-refractivity contribution < 1.29 is 0 Å². The minimum atomic E-state index is 0.451. The first-order valence-corrected chi connectivity index (χ1v) is 4.39. The number of hydrogen-bond acceptors (Lipinski definition) is 2. The second-order valence-corrected chi connectivity index (χ2v) is 3.67. The molecule has 0 aliphatic heterocycles. The molecule has 0 aliphatic rings. The summed E-state index contributed by atoms with van der Waals surface area (Å²) in [7, 11) is 0. The Bertz CT molecular complexity index is 240. The number of aromatic nitrogens is 2. The van der Waals surface area contributed by atoms with Crippen LogP contribution in [0.4, 0.5) is 5.95 Å². The van der Waals surface area contributed by atoms with Crippen molar-refractivity contribution in [3.8, 4) is 0 Å². The molecule has 0 bridgehead atoms. The van der Waals surface area contributed by atoms with Crippen LogP contribution < -0.4 is 5.73 Å². The molecule has 3 heteroatoms. The maximum Gasteiger partial charge on any atom is 0.200 e. The summed E-state index contributed by atoms with van der Waals surface area (Å²) in [6.07, 6.45) is 4.81. The molecule has 0 amide bonds. The van der Waals surface area contributed by atoms with E-state index in [2.05, 4.69) is 25.8 Å². The molecule has 0 spiro atoms. The van der Waals surface area contributed by atoms with Gasteiger partial charge in [0, 0.05) is 18.4 Å². The molecule has 0 aromatic carbocycles. The van der Waals surface area contributed by atoms with Crippen LogP contribution in [-0.4, -0.2) is 9.55 Å². The number of nitrogen functional groups attached to an aromatic ring is 1. The highest BCUT2D eigenvalue weighted by Crippen LogP contribution is 2.18. The van der Waals surface area contributed by atoms with Crippen LogP contribution in [0.25, 0.3) is 0 Å². The fourth-order valence-electron chi connectivity index (χ4n) is 1.49. The Labute approximate surface area is 73.6 Å². The Morgan fingerprint density at radius 2 is 2.17 bits per heavy atom. The van der Waals surface area contributed by atoms with Gasteiger partial charge in [-0.3, -0.25) is 0 Å². The highest BCUT2D eigenvalue weighted by molar-refractivity contribution is 5.17. The van der Waals surface area contributed by atoms with E-state index in [0.717, 1.165) is 6.42 Å². The monoisotopic (exact) mass is 167 g/mol. The van der Waals surface area contributed by atoms with Gasteiger partial charge in [0.2, 0.25) is 0 Å². The Hall–Kier alpha value is -0.990. The van der Waals surface area contributed by atoms with Gasteiger partial charge in [-0.2, -0.15) is 0 Å². The summed E-state index contributed by atoms with van der Waals surface area (Å²) in [6.45, 7) is 6.59. The highest BCUT2D eigenvalue weighted by Gasteiger charge is 2.08. The van der Waals surface area contributed by atoms with Crippen molar-refractivity contribution >= 4 is 5.95 Å². The van der Waals surface area contributed by atoms with Crippen LogP contribution in [0.2, 0.25) is 0 Å². The molecule has 0 fully saturated rings. The van der Waals surface area contributed by atoms with Gasteiger partial charge in [-0.15, -0.1) is 0 Å². The summed E-state index contributed by atoms with van der Waals surface area (Å²) < 4.78 is 2.01. The van der Waals surface area contributed by atoms with Crippen molar-refractivity contribution in [2.45, 2.75) is 33.2 Å². The highest BCUT2D eigenvalue weighted by atomic mass is 15.1. The smallest absolute Gasteiger partial charge is 0.200 e. The minimum Gasteiger partial charge on any atom is -0.369 e. The number of nitrogens with zero attached hydrogens (tertiary/aromatic N) is 2. The predicted molar refractivity (Wildman–Crippen MR) is 50.8 cm³/mol.